The Balaban J connectivity index is 1.03. The molecule has 0 radical (unpaired) electrons. The molecule has 6 nitrogen and oxygen atoms in total. The van der Waals surface area contributed by atoms with E-state index < -0.39 is 0 Å². The first-order valence-electron chi connectivity index (χ1n) is 16.5. The second-order valence-electron chi connectivity index (χ2n) is 12.7. The van der Waals surface area contributed by atoms with Gasteiger partial charge in [-0.25, -0.2) is 9.37 Å². The van der Waals surface area contributed by atoms with E-state index in [0.29, 0.717) is 28.3 Å². The SMILES string of the molecule is Cc1c(CNCC2CCC(Nc3nc(N(C)C)c4ccccc4n3)CC2)cc(-c2ccccc2)n1CCSCc1c(F)cccc1Cl. The molecule has 6 rings (SSSR count). The monoisotopic (exact) mass is 670 g/mol. The van der Waals surface area contributed by atoms with Gasteiger partial charge in [-0.2, -0.15) is 16.7 Å². The lowest BCUT2D eigenvalue weighted by molar-refractivity contribution is 0.323. The zero-order valence-electron chi connectivity index (χ0n) is 27.5. The molecule has 246 valence electrons. The molecule has 47 heavy (non-hydrogen) atoms. The molecule has 0 atom stereocenters. The normalized spacial score (nSPS) is 16.4. The van der Waals surface area contributed by atoms with E-state index in [2.05, 4.69) is 75.6 Å². The minimum atomic E-state index is -0.234. The number of thioether (sulfide) groups is 1. The zero-order valence-corrected chi connectivity index (χ0v) is 29.0. The van der Waals surface area contributed by atoms with Crippen LogP contribution in [0.1, 0.15) is 42.5 Å². The lowest BCUT2D eigenvalue weighted by Gasteiger charge is -2.29. The Kier molecular flexibility index (Phi) is 11.0. The summed E-state index contributed by atoms with van der Waals surface area (Å²) in [5.41, 5.74) is 6.60. The molecule has 5 aromatic rings. The molecule has 1 fully saturated rings. The van der Waals surface area contributed by atoms with Crippen LogP contribution in [0.5, 0.6) is 0 Å². The van der Waals surface area contributed by atoms with Crippen molar-refractivity contribution in [2.75, 3.05) is 36.6 Å². The molecule has 9 heteroatoms. The van der Waals surface area contributed by atoms with Gasteiger partial charge in [0.2, 0.25) is 5.95 Å². The van der Waals surface area contributed by atoms with Crippen molar-refractivity contribution in [3.8, 4) is 11.3 Å². The Morgan fingerprint density at radius 2 is 1.72 bits per heavy atom. The molecule has 0 saturated heterocycles. The maximum Gasteiger partial charge on any atom is 0.225 e. The van der Waals surface area contributed by atoms with Crippen molar-refractivity contribution in [2.24, 2.45) is 5.92 Å². The second-order valence-corrected chi connectivity index (χ2v) is 14.2. The van der Waals surface area contributed by atoms with Crippen molar-refractivity contribution in [1.29, 1.82) is 0 Å². The third-order valence-electron chi connectivity index (χ3n) is 9.24. The Labute approximate surface area is 287 Å². The van der Waals surface area contributed by atoms with E-state index in [1.165, 1.54) is 41.4 Å². The zero-order chi connectivity index (χ0) is 32.8. The highest BCUT2D eigenvalue weighted by Crippen LogP contribution is 2.30. The van der Waals surface area contributed by atoms with Crippen molar-refractivity contribution in [1.82, 2.24) is 19.9 Å². The summed E-state index contributed by atoms with van der Waals surface area (Å²) < 4.78 is 16.7. The smallest absolute Gasteiger partial charge is 0.225 e. The first-order chi connectivity index (χ1) is 22.9. The fraction of sp³-hybridized carbons (Fsp3) is 0.368. The van der Waals surface area contributed by atoms with Crippen molar-refractivity contribution in [3.05, 3.63) is 107 Å². The molecule has 0 spiro atoms. The molecule has 3 aromatic carbocycles. The Morgan fingerprint density at radius 1 is 0.957 bits per heavy atom. The third-order valence-corrected chi connectivity index (χ3v) is 10.6. The maximum absolute atomic E-state index is 14.3. The lowest BCUT2D eigenvalue weighted by atomic mass is 9.86. The highest BCUT2D eigenvalue weighted by Gasteiger charge is 2.23. The third kappa shape index (κ3) is 8.11. The van der Waals surface area contributed by atoms with E-state index in [-0.39, 0.29) is 5.82 Å². The second kappa shape index (κ2) is 15.5. The quantitative estimate of drug-likeness (QED) is 0.122. The molecule has 2 aromatic heterocycles. The average Bonchev–Trinajstić information content (AvgIpc) is 3.39. The molecule has 1 aliphatic rings. The number of nitrogens with zero attached hydrogens (tertiary/aromatic N) is 4. The predicted molar refractivity (Wildman–Crippen MR) is 197 cm³/mol. The van der Waals surface area contributed by atoms with Gasteiger partial charge in [-0.3, -0.25) is 0 Å². The number of rotatable bonds is 13. The molecule has 1 aliphatic carbocycles. The topological polar surface area (TPSA) is 58.0 Å². The van der Waals surface area contributed by atoms with E-state index in [1.54, 1.807) is 23.9 Å². The van der Waals surface area contributed by atoms with Gasteiger partial charge in [-0.05, 0) is 86.5 Å². The molecule has 2 N–H and O–H groups in total. The van der Waals surface area contributed by atoms with Crippen molar-refractivity contribution in [3.63, 3.8) is 0 Å². The van der Waals surface area contributed by atoms with Crippen LogP contribution in [0.3, 0.4) is 0 Å². The summed E-state index contributed by atoms with van der Waals surface area (Å²) in [6, 6.07) is 26.4. The van der Waals surface area contributed by atoms with E-state index in [4.69, 9.17) is 21.6 Å². The summed E-state index contributed by atoms with van der Waals surface area (Å²) in [7, 11) is 4.06. The summed E-state index contributed by atoms with van der Waals surface area (Å²) in [5.74, 6) is 3.51. The van der Waals surface area contributed by atoms with Crippen LogP contribution in [0, 0.1) is 18.7 Å². The standard InChI is InChI=1S/C38H44ClFN6S/c1-26-29(22-36(28-10-5-4-6-11-28)46(26)20-21-47-25-32-33(39)13-9-14-34(32)40)24-41-23-27-16-18-30(19-17-27)42-38-43-35-15-8-7-12-31(35)37(44-38)45(2)3/h4-15,22,27,30,41H,16-21,23-25H2,1-3H3,(H,42,43,44). The minimum Gasteiger partial charge on any atom is -0.362 e. The van der Waals surface area contributed by atoms with Crippen LogP contribution in [0.15, 0.2) is 78.9 Å². The van der Waals surface area contributed by atoms with Crippen LogP contribution in [-0.4, -0.2) is 47.0 Å². The number of aromatic nitrogens is 3. The maximum atomic E-state index is 14.3. The van der Waals surface area contributed by atoms with Crippen LogP contribution in [0.2, 0.25) is 5.02 Å². The average molecular weight is 671 g/mol. The van der Waals surface area contributed by atoms with Gasteiger partial charge in [0.15, 0.2) is 0 Å². The van der Waals surface area contributed by atoms with Gasteiger partial charge in [-0.15, -0.1) is 0 Å². The number of halogens is 2. The summed E-state index contributed by atoms with van der Waals surface area (Å²) in [6.45, 7) is 4.91. The van der Waals surface area contributed by atoms with Crippen LogP contribution in [0.4, 0.5) is 16.2 Å². The van der Waals surface area contributed by atoms with Gasteiger partial charge in [0.05, 0.1) is 5.52 Å². The largest absolute Gasteiger partial charge is 0.362 e. The Bertz CT molecular complexity index is 1760. The lowest BCUT2D eigenvalue weighted by Crippen LogP contribution is -2.31. The van der Waals surface area contributed by atoms with E-state index >= 15 is 0 Å². The number of hydrogen-bond donors (Lipinski definition) is 2. The minimum absolute atomic E-state index is 0.234. The van der Waals surface area contributed by atoms with Crippen LogP contribution in [-0.2, 0) is 18.8 Å². The summed E-state index contributed by atoms with van der Waals surface area (Å²) in [5, 5.41) is 8.99. The molecule has 0 aliphatic heterocycles. The number of anilines is 2. The van der Waals surface area contributed by atoms with Crippen molar-refractivity contribution >= 4 is 46.0 Å². The van der Waals surface area contributed by atoms with Gasteiger partial charge in [0, 0.05) is 72.1 Å². The van der Waals surface area contributed by atoms with E-state index in [0.717, 1.165) is 60.9 Å². The van der Waals surface area contributed by atoms with Crippen LogP contribution in [0.25, 0.3) is 22.2 Å². The van der Waals surface area contributed by atoms with Gasteiger partial charge in [-0.1, -0.05) is 60.1 Å². The highest BCUT2D eigenvalue weighted by atomic mass is 35.5. The predicted octanol–water partition coefficient (Wildman–Crippen LogP) is 8.96. The van der Waals surface area contributed by atoms with Gasteiger partial charge in [0.25, 0.3) is 0 Å². The van der Waals surface area contributed by atoms with Gasteiger partial charge in [0.1, 0.15) is 11.6 Å². The number of nitrogens with one attached hydrogen (secondary N) is 2. The van der Waals surface area contributed by atoms with Crippen molar-refractivity contribution in [2.45, 2.75) is 57.5 Å². The molecule has 1 saturated carbocycles. The summed E-state index contributed by atoms with van der Waals surface area (Å²) in [4.78, 5) is 11.7. The number of hydrogen-bond acceptors (Lipinski definition) is 6. The fourth-order valence-electron chi connectivity index (χ4n) is 6.59. The van der Waals surface area contributed by atoms with E-state index in [1.807, 2.05) is 26.2 Å². The van der Waals surface area contributed by atoms with Crippen molar-refractivity contribution < 1.29 is 4.39 Å². The number of benzene rings is 3. The Hall–Kier alpha value is -3.59. The Morgan fingerprint density at radius 3 is 2.49 bits per heavy atom. The molecular weight excluding hydrogens is 627 g/mol. The fourth-order valence-corrected chi connectivity index (χ4v) is 7.85. The van der Waals surface area contributed by atoms with Gasteiger partial charge < -0.3 is 20.1 Å². The number of para-hydroxylation sites is 1. The molecule has 0 bridgehead atoms. The molecule has 0 amide bonds. The summed E-state index contributed by atoms with van der Waals surface area (Å²) >= 11 is 7.98. The first kappa shape index (κ1) is 33.3. The highest BCUT2D eigenvalue weighted by molar-refractivity contribution is 7.98. The molecule has 2 heterocycles. The first-order valence-corrected chi connectivity index (χ1v) is 18.1. The van der Waals surface area contributed by atoms with E-state index in [9.17, 15) is 4.39 Å². The number of fused-ring (bicyclic) bond motifs is 1. The molecule has 0 unspecified atom stereocenters. The van der Waals surface area contributed by atoms with Gasteiger partial charge >= 0.3 is 0 Å². The summed E-state index contributed by atoms with van der Waals surface area (Å²) in [6.07, 6.45) is 4.58. The molecular formula is C38H44ClFN6S. The van der Waals surface area contributed by atoms with Crippen LogP contribution >= 0.6 is 23.4 Å². The van der Waals surface area contributed by atoms with Crippen LogP contribution < -0.4 is 15.5 Å².